The molecule has 2 aromatic heterocycles. The maximum Gasteiger partial charge on any atom is 0.135 e. The summed E-state index contributed by atoms with van der Waals surface area (Å²) in [5.74, 6) is 1.39. The van der Waals surface area contributed by atoms with E-state index in [-0.39, 0.29) is 5.41 Å². The number of aliphatic imine (C=N–C) groups is 1. The summed E-state index contributed by atoms with van der Waals surface area (Å²) in [5, 5.41) is 12.1. The number of piperidine rings is 1. The number of rotatable bonds is 11. The van der Waals surface area contributed by atoms with Crippen LogP contribution in [0.4, 0.5) is 11.5 Å². The highest BCUT2D eigenvalue weighted by Gasteiger charge is 2.21. The lowest BCUT2D eigenvalue weighted by Crippen LogP contribution is -2.28. The normalized spacial score (nSPS) is 15.8. The number of nitrogens with two attached hydrogens (primary N) is 1. The predicted octanol–water partition coefficient (Wildman–Crippen LogP) is 8.36. The molecule has 0 spiro atoms. The summed E-state index contributed by atoms with van der Waals surface area (Å²) in [5.41, 5.74) is 13.9. The molecule has 7 heteroatoms. The number of nitrogens with one attached hydrogen (secondary N) is 2. The van der Waals surface area contributed by atoms with Crippen molar-refractivity contribution in [3.05, 3.63) is 66.0 Å². The summed E-state index contributed by atoms with van der Waals surface area (Å²) in [6, 6.07) is 8.26. The largest absolute Gasteiger partial charge is 0.383 e. The number of hydrogen-bond acceptors (Lipinski definition) is 6. The Kier molecular flexibility index (Phi) is 9.45. The molecule has 4 N–H and O–H groups in total. The van der Waals surface area contributed by atoms with Crippen molar-refractivity contribution in [2.24, 2.45) is 10.4 Å². The van der Waals surface area contributed by atoms with Crippen molar-refractivity contribution >= 4 is 34.3 Å². The number of benzene rings is 1. The van der Waals surface area contributed by atoms with Crippen molar-refractivity contribution in [1.29, 1.82) is 0 Å². The van der Waals surface area contributed by atoms with Gasteiger partial charge in [-0.2, -0.15) is 5.10 Å². The van der Waals surface area contributed by atoms with Crippen LogP contribution in [-0.4, -0.2) is 45.6 Å². The van der Waals surface area contributed by atoms with E-state index in [1.54, 1.807) is 0 Å². The first-order chi connectivity index (χ1) is 20.3. The lowest BCUT2D eigenvalue weighted by molar-refractivity contribution is 0.276. The summed E-state index contributed by atoms with van der Waals surface area (Å²) in [6.45, 7) is 14.1. The van der Waals surface area contributed by atoms with E-state index in [1.807, 2.05) is 6.20 Å². The highest BCUT2D eigenvalue weighted by Crippen LogP contribution is 2.33. The molecule has 0 bridgehead atoms. The number of nitrogens with zero attached hydrogens (tertiary/aromatic N) is 4. The van der Waals surface area contributed by atoms with Crippen LogP contribution in [-0.2, 0) is 0 Å². The molecule has 222 valence electrons. The SMILES string of the molecule is C=C(CCCCCC/C=C/c1cnc(N)c2c(-c3ccc(NC4=NCC(C(C)(C)C)=C4)cc3)[nH]nc12)N1CCCCC1. The van der Waals surface area contributed by atoms with E-state index in [1.165, 1.54) is 69.3 Å². The quantitative estimate of drug-likeness (QED) is 0.203. The van der Waals surface area contributed by atoms with Gasteiger partial charge in [-0.05, 0) is 74.1 Å². The number of anilines is 2. The van der Waals surface area contributed by atoms with E-state index < -0.39 is 0 Å². The number of nitrogen functional groups attached to an aromatic ring is 1. The monoisotopic (exact) mass is 565 g/mol. The molecule has 42 heavy (non-hydrogen) atoms. The molecule has 2 aliphatic heterocycles. The number of aromatic amines is 1. The summed E-state index contributed by atoms with van der Waals surface area (Å²) in [4.78, 5) is 11.6. The van der Waals surface area contributed by atoms with Gasteiger partial charge in [-0.1, -0.05) is 64.5 Å². The van der Waals surface area contributed by atoms with E-state index in [4.69, 9.17) is 5.73 Å². The molecule has 0 atom stereocenters. The lowest BCUT2D eigenvalue weighted by atomic mass is 9.87. The second kappa shape index (κ2) is 13.4. The minimum absolute atomic E-state index is 0.128. The van der Waals surface area contributed by atoms with Gasteiger partial charge in [-0.25, -0.2) is 4.98 Å². The molecule has 0 unspecified atom stereocenters. The molecule has 5 rings (SSSR count). The topological polar surface area (TPSA) is 95.2 Å². The Balaban J connectivity index is 1.14. The van der Waals surface area contributed by atoms with Crippen molar-refractivity contribution in [1.82, 2.24) is 20.1 Å². The smallest absolute Gasteiger partial charge is 0.135 e. The Morgan fingerprint density at radius 3 is 2.57 bits per heavy atom. The second-order valence-corrected chi connectivity index (χ2v) is 12.7. The molecule has 1 saturated heterocycles. The van der Waals surface area contributed by atoms with Gasteiger partial charge in [0, 0.05) is 41.8 Å². The molecule has 1 aromatic carbocycles. The standard InChI is InChI=1S/C35H47N7/c1-25(42-20-12-9-13-21-42)14-10-7-5-6-8-11-15-27-23-38-34(36)31-32(40-41-33(27)31)26-16-18-29(19-17-26)39-30-22-28(24-37-30)35(2,3)4/h11,15-19,22-23H,1,5-10,12-14,20-21,24H2,2-4H3,(H2,36,38)(H,37,39)(H,40,41)/b15-11+. The predicted molar refractivity (Wildman–Crippen MR) is 178 cm³/mol. The molecule has 0 amide bonds. The van der Waals surface area contributed by atoms with Crippen LogP contribution >= 0.6 is 0 Å². The van der Waals surface area contributed by atoms with Gasteiger partial charge in [0.1, 0.15) is 17.2 Å². The Labute approximate surface area is 251 Å². The number of unbranched alkanes of at least 4 members (excludes halogenated alkanes) is 4. The highest BCUT2D eigenvalue weighted by atomic mass is 15.1. The molecule has 1 fully saturated rings. The van der Waals surface area contributed by atoms with Gasteiger partial charge >= 0.3 is 0 Å². The van der Waals surface area contributed by atoms with E-state index in [0.717, 1.165) is 58.6 Å². The average Bonchev–Trinajstić information content (AvgIpc) is 3.65. The fourth-order valence-corrected chi connectivity index (χ4v) is 5.74. The molecule has 3 aromatic rings. The third-order valence-corrected chi connectivity index (χ3v) is 8.47. The van der Waals surface area contributed by atoms with Gasteiger partial charge in [0.25, 0.3) is 0 Å². The summed E-state index contributed by atoms with van der Waals surface area (Å²) >= 11 is 0. The highest BCUT2D eigenvalue weighted by molar-refractivity contribution is 6.06. The van der Waals surface area contributed by atoms with Crippen LogP contribution in [0.5, 0.6) is 0 Å². The van der Waals surface area contributed by atoms with Gasteiger partial charge in [0.2, 0.25) is 0 Å². The van der Waals surface area contributed by atoms with E-state index in [2.05, 4.69) is 100 Å². The maximum absolute atomic E-state index is 6.35. The molecule has 4 heterocycles. The van der Waals surface area contributed by atoms with E-state index >= 15 is 0 Å². The van der Waals surface area contributed by atoms with Crippen LogP contribution in [0.3, 0.4) is 0 Å². The molecule has 7 nitrogen and oxygen atoms in total. The Hall–Kier alpha value is -3.87. The first-order valence-corrected chi connectivity index (χ1v) is 15.6. The maximum atomic E-state index is 6.35. The Morgan fingerprint density at radius 1 is 1.07 bits per heavy atom. The molecule has 0 radical (unpaired) electrons. The van der Waals surface area contributed by atoms with Crippen LogP contribution in [0.15, 0.2) is 65.5 Å². The van der Waals surface area contributed by atoms with Gasteiger partial charge in [0.05, 0.1) is 17.6 Å². The van der Waals surface area contributed by atoms with Gasteiger partial charge in [-0.3, -0.25) is 10.1 Å². The number of hydrogen-bond donors (Lipinski definition) is 3. The number of amidine groups is 1. The zero-order valence-corrected chi connectivity index (χ0v) is 25.7. The number of allylic oxidation sites excluding steroid dienone is 2. The third-order valence-electron chi connectivity index (χ3n) is 8.47. The summed E-state index contributed by atoms with van der Waals surface area (Å²) in [7, 11) is 0. The number of likely N-dealkylation sites (tertiary alicyclic amines) is 1. The fourth-order valence-electron chi connectivity index (χ4n) is 5.74. The van der Waals surface area contributed by atoms with E-state index in [0.29, 0.717) is 5.82 Å². The van der Waals surface area contributed by atoms with Gasteiger partial charge < -0.3 is 16.0 Å². The number of pyridine rings is 1. The average molecular weight is 566 g/mol. The van der Waals surface area contributed by atoms with Crippen LogP contribution in [0.25, 0.3) is 28.2 Å². The summed E-state index contributed by atoms with van der Waals surface area (Å²) < 4.78 is 0. The molecule has 0 saturated carbocycles. The summed E-state index contributed by atoms with van der Waals surface area (Å²) in [6.07, 6.45) is 19.5. The molecular formula is C35H47N7. The van der Waals surface area contributed by atoms with Crippen LogP contribution in [0.1, 0.15) is 84.1 Å². The molecular weight excluding hydrogens is 518 g/mol. The zero-order valence-electron chi connectivity index (χ0n) is 25.7. The van der Waals surface area contributed by atoms with Crippen molar-refractivity contribution in [2.45, 2.75) is 78.6 Å². The first kappa shape index (κ1) is 29.6. The minimum atomic E-state index is 0.128. The molecule has 2 aliphatic rings. The number of aromatic nitrogens is 3. The lowest BCUT2D eigenvalue weighted by Gasteiger charge is -2.30. The second-order valence-electron chi connectivity index (χ2n) is 12.7. The van der Waals surface area contributed by atoms with E-state index in [9.17, 15) is 0 Å². The van der Waals surface area contributed by atoms with Crippen molar-refractivity contribution in [3.63, 3.8) is 0 Å². The van der Waals surface area contributed by atoms with Crippen molar-refractivity contribution in [3.8, 4) is 11.3 Å². The third kappa shape index (κ3) is 7.30. The zero-order chi connectivity index (χ0) is 29.5. The first-order valence-electron chi connectivity index (χ1n) is 15.6. The Morgan fingerprint density at radius 2 is 1.83 bits per heavy atom. The van der Waals surface area contributed by atoms with Crippen molar-refractivity contribution < 1.29 is 0 Å². The van der Waals surface area contributed by atoms with Gasteiger partial charge in [-0.15, -0.1) is 0 Å². The number of H-pyrrole nitrogens is 1. The fraction of sp³-hybridized carbons (Fsp3) is 0.457. The number of fused-ring (bicyclic) bond motifs is 1. The van der Waals surface area contributed by atoms with Gasteiger partial charge in [0.15, 0.2) is 0 Å². The van der Waals surface area contributed by atoms with Crippen LogP contribution in [0.2, 0.25) is 0 Å². The molecule has 0 aliphatic carbocycles. The minimum Gasteiger partial charge on any atom is -0.383 e. The van der Waals surface area contributed by atoms with Crippen molar-refractivity contribution in [2.75, 3.05) is 30.7 Å². The Bertz CT molecular complexity index is 1460. The van der Waals surface area contributed by atoms with Crippen LogP contribution < -0.4 is 11.1 Å². The van der Waals surface area contributed by atoms with Crippen LogP contribution in [0, 0.1) is 5.41 Å².